The molecule has 0 aliphatic heterocycles. The monoisotopic (exact) mass is 454 g/mol. The lowest BCUT2D eigenvalue weighted by Crippen LogP contribution is -2.17. The average Bonchev–Trinajstić information content (AvgIpc) is 3.45. The zero-order chi connectivity index (χ0) is 21.7. The van der Waals surface area contributed by atoms with Crippen LogP contribution in [0.3, 0.4) is 0 Å². The van der Waals surface area contributed by atoms with Gasteiger partial charge in [-0.1, -0.05) is 35.3 Å². The van der Waals surface area contributed by atoms with Gasteiger partial charge < -0.3 is 5.32 Å². The molecular formula is C22H20Cl2N6O. The van der Waals surface area contributed by atoms with E-state index in [1.807, 2.05) is 32.2 Å². The van der Waals surface area contributed by atoms with Crippen molar-refractivity contribution in [3.63, 3.8) is 0 Å². The van der Waals surface area contributed by atoms with Gasteiger partial charge in [0.15, 0.2) is 5.65 Å². The number of rotatable bonds is 5. The normalized spacial score (nSPS) is 13.7. The lowest BCUT2D eigenvalue weighted by Gasteiger charge is -2.12. The number of fused-ring (bicyclic) bond motifs is 1. The van der Waals surface area contributed by atoms with Crippen molar-refractivity contribution in [2.24, 2.45) is 7.05 Å². The highest BCUT2D eigenvalue weighted by molar-refractivity contribution is 6.42. The van der Waals surface area contributed by atoms with E-state index in [1.165, 1.54) is 0 Å². The maximum Gasteiger partial charge on any atom is 0.257 e. The quantitative estimate of drug-likeness (QED) is 0.462. The second-order valence-electron chi connectivity index (χ2n) is 7.82. The van der Waals surface area contributed by atoms with Crippen LogP contribution in [0.15, 0.2) is 36.5 Å². The number of aryl methyl sites for hydroxylation is 2. The number of benzene rings is 1. The van der Waals surface area contributed by atoms with Gasteiger partial charge in [0.2, 0.25) is 0 Å². The molecule has 0 radical (unpaired) electrons. The van der Waals surface area contributed by atoms with Crippen molar-refractivity contribution in [3.8, 4) is 0 Å². The van der Waals surface area contributed by atoms with Gasteiger partial charge in [-0.05, 0) is 37.5 Å². The second kappa shape index (κ2) is 7.66. The second-order valence-corrected chi connectivity index (χ2v) is 8.60. The number of hydrogen-bond acceptors (Lipinski definition) is 4. The molecule has 0 spiro atoms. The zero-order valence-corrected chi connectivity index (χ0v) is 18.6. The Hall–Kier alpha value is -2.90. The van der Waals surface area contributed by atoms with Gasteiger partial charge in [0, 0.05) is 24.7 Å². The van der Waals surface area contributed by atoms with Gasteiger partial charge in [-0.25, -0.2) is 9.67 Å². The summed E-state index contributed by atoms with van der Waals surface area (Å²) in [6.07, 6.45) is 3.84. The Morgan fingerprint density at radius 3 is 2.84 bits per heavy atom. The van der Waals surface area contributed by atoms with Crippen LogP contribution in [0.2, 0.25) is 10.0 Å². The molecule has 0 bridgehead atoms. The lowest BCUT2D eigenvalue weighted by molar-refractivity contribution is 0.102. The van der Waals surface area contributed by atoms with Crippen LogP contribution >= 0.6 is 23.2 Å². The third-order valence-corrected chi connectivity index (χ3v) is 6.40. The Balaban J connectivity index is 1.49. The van der Waals surface area contributed by atoms with Gasteiger partial charge in [0.25, 0.3) is 5.91 Å². The molecule has 1 fully saturated rings. The van der Waals surface area contributed by atoms with Gasteiger partial charge in [-0.3, -0.25) is 9.48 Å². The zero-order valence-electron chi connectivity index (χ0n) is 17.1. The van der Waals surface area contributed by atoms with E-state index in [2.05, 4.69) is 15.5 Å². The van der Waals surface area contributed by atoms with Crippen molar-refractivity contribution in [2.45, 2.75) is 32.2 Å². The van der Waals surface area contributed by atoms with Gasteiger partial charge in [-0.2, -0.15) is 10.2 Å². The predicted molar refractivity (Wildman–Crippen MR) is 121 cm³/mol. The molecule has 3 aromatic heterocycles. The molecule has 1 N–H and O–H groups in total. The molecule has 1 aromatic carbocycles. The number of pyridine rings is 1. The number of nitrogens with zero attached hydrogens (tertiary/aromatic N) is 5. The number of carbonyl (C=O) groups is 1. The largest absolute Gasteiger partial charge is 0.307 e. The number of carbonyl (C=O) groups excluding carboxylic acids is 1. The third kappa shape index (κ3) is 3.68. The molecule has 3 heterocycles. The Morgan fingerprint density at radius 1 is 1.26 bits per heavy atom. The molecule has 0 saturated heterocycles. The van der Waals surface area contributed by atoms with Crippen molar-refractivity contribution in [2.75, 3.05) is 5.32 Å². The van der Waals surface area contributed by atoms with Crippen LogP contribution in [0.4, 0.5) is 5.82 Å². The van der Waals surface area contributed by atoms with E-state index in [4.69, 9.17) is 28.2 Å². The van der Waals surface area contributed by atoms with Gasteiger partial charge in [-0.15, -0.1) is 0 Å². The highest BCUT2D eigenvalue weighted by atomic mass is 35.5. The SMILES string of the molecule is Cc1nn(C)c2nc(C3CC3)cc(C(=O)Nc3ccnn3Cc3cccc(Cl)c3Cl)c12. The third-order valence-electron chi connectivity index (χ3n) is 5.54. The van der Waals surface area contributed by atoms with E-state index in [0.29, 0.717) is 33.9 Å². The summed E-state index contributed by atoms with van der Waals surface area (Å²) in [4.78, 5) is 18.1. The Morgan fingerprint density at radius 2 is 2.06 bits per heavy atom. The van der Waals surface area contributed by atoms with Gasteiger partial charge >= 0.3 is 0 Å². The first-order valence-electron chi connectivity index (χ1n) is 10.0. The predicted octanol–water partition coefficient (Wildman–Crippen LogP) is 4.96. The van der Waals surface area contributed by atoms with Crippen LogP contribution < -0.4 is 5.32 Å². The molecular weight excluding hydrogens is 435 g/mol. The number of halogens is 2. The maximum atomic E-state index is 13.3. The first-order chi connectivity index (χ1) is 14.9. The fourth-order valence-electron chi connectivity index (χ4n) is 3.81. The molecule has 9 heteroatoms. The smallest absolute Gasteiger partial charge is 0.257 e. The minimum absolute atomic E-state index is 0.218. The molecule has 1 amide bonds. The minimum atomic E-state index is -0.218. The summed E-state index contributed by atoms with van der Waals surface area (Å²) in [6, 6.07) is 9.12. The highest BCUT2D eigenvalue weighted by Crippen LogP contribution is 2.40. The van der Waals surface area contributed by atoms with Crippen LogP contribution in [-0.2, 0) is 13.6 Å². The standard InChI is InChI=1S/C22H20Cl2N6O/c1-12-19-15(10-17(13-6-7-13)26-21(19)29(2)28-12)22(31)27-18-8-9-25-30(18)11-14-4-3-5-16(23)20(14)24/h3-5,8-10,13H,6-7,11H2,1-2H3,(H,27,31). The van der Waals surface area contributed by atoms with Crippen LogP contribution in [-0.4, -0.2) is 30.5 Å². The van der Waals surface area contributed by atoms with E-state index in [-0.39, 0.29) is 5.91 Å². The molecule has 0 unspecified atom stereocenters. The van der Waals surface area contributed by atoms with E-state index < -0.39 is 0 Å². The lowest BCUT2D eigenvalue weighted by atomic mass is 10.1. The Kier molecular flexibility index (Phi) is 4.95. The molecule has 1 saturated carbocycles. The molecule has 31 heavy (non-hydrogen) atoms. The number of anilines is 1. The molecule has 7 nitrogen and oxygen atoms in total. The number of nitrogens with one attached hydrogen (secondary N) is 1. The molecule has 1 aliphatic rings. The van der Waals surface area contributed by atoms with Gasteiger partial charge in [0.1, 0.15) is 5.82 Å². The fourth-order valence-corrected chi connectivity index (χ4v) is 4.19. The van der Waals surface area contributed by atoms with E-state index in [0.717, 1.165) is 40.8 Å². The van der Waals surface area contributed by atoms with Crippen molar-refractivity contribution in [3.05, 3.63) is 69.1 Å². The minimum Gasteiger partial charge on any atom is -0.307 e. The summed E-state index contributed by atoms with van der Waals surface area (Å²) in [7, 11) is 1.85. The highest BCUT2D eigenvalue weighted by Gasteiger charge is 2.28. The summed E-state index contributed by atoms with van der Waals surface area (Å²) in [5, 5.41) is 13.5. The number of hydrogen-bond donors (Lipinski definition) is 1. The fraction of sp³-hybridized carbons (Fsp3) is 0.273. The van der Waals surface area contributed by atoms with Crippen molar-refractivity contribution >= 4 is 46.0 Å². The number of amides is 1. The topological polar surface area (TPSA) is 77.6 Å². The van der Waals surface area contributed by atoms with Crippen LogP contribution in [0.1, 0.15) is 46.1 Å². The number of aromatic nitrogens is 5. The van der Waals surface area contributed by atoms with E-state index in [1.54, 1.807) is 27.7 Å². The molecule has 5 rings (SSSR count). The average molecular weight is 455 g/mol. The Bertz CT molecular complexity index is 1320. The van der Waals surface area contributed by atoms with E-state index >= 15 is 0 Å². The molecule has 1 aliphatic carbocycles. The van der Waals surface area contributed by atoms with Crippen molar-refractivity contribution < 1.29 is 4.79 Å². The summed E-state index contributed by atoms with van der Waals surface area (Å²) in [5.41, 5.74) is 3.84. The molecule has 158 valence electrons. The summed E-state index contributed by atoms with van der Waals surface area (Å²) in [6.45, 7) is 2.27. The summed E-state index contributed by atoms with van der Waals surface area (Å²) < 4.78 is 3.42. The maximum absolute atomic E-state index is 13.3. The van der Waals surface area contributed by atoms with Crippen molar-refractivity contribution in [1.29, 1.82) is 0 Å². The summed E-state index contributed by atoms with van der Waals surface area (Å²) >= 11 is 12.5. The van der Waals surface area contributed by atoms with Crippen LogP contribution in [0, 0.1) is 6.92 Å². The van der Waals surface area contributed by atoms with Crippen LogP contribution in [0.5, 0.6) is 0 Å². The first-order valence-corrected chi connectivity index (χ1v) is 10.8. The van der Waals surface area contributed by atoms with Crippen LogP contribution in [0.25, 0.3) is 11.0 Å². The Labute approximate surface area is 189 Å². The van der Waals surface area contributed by atoms with Crippen molar-refractivity contribution in [1.82, 2.24) is 24.5 Å². The summed E-state index contributed by atoms with van der Waals surface area (Å²) in [5.74, 6) is 0.770. The van der Waals surface area contributed by atoms with E-state index in [9.17, 15) is 4.79 Å². The first kappa shape index (κ1) is 20.0. The molecule has 4 aromatic rings. The molecule has 0 atom stereocenters. The van der Waals surface area contributed by atoms with Gasteiger partial charge in [0.05, 0.1) is 39.4 Å².